The van der Waals surface area contributed by atoms with Crippen LogP contribution in [-0.4, -0.2) is 23.7 Å². The molecule has 0 radical (unpaired) electrons. The van der Waals surface area contributed by atoms with Crippen LogP contribution in [0, 0.1) is 0 Å². The van der Waals surface area contributed by atoms with Crippen LogP contribution in [-0.2, 0) is 11.2 Å². The van der Waals surface area contributed by atoms with Gasteiger partial charge in [-0.2, -0.15) is 0 Å². The number of hydrazine groups is 1. The summed E-state index contributed by atoms with van der Waals surface area (Å²) in [6.45, 7) is 0. The maximum absolute atomic E-state index is 5.74. The van der Waals surface area contributed by atoms with Crippen molar-refractivity contribution in [1.29, 1.82) is 0 Å². The Morgan fingerprint density at radius 3 is 2.76 bits per heavy atom. The van der Waals surface area contributed by atoms with Crippen molar-refractivity contribution in [3.63, 3.8) is 0 Å². The van der Waals surface area contributed by atoms with E-state index in [0.717, 1.165) is 36.9 Å². The molecule has 1 unspecified atom stereocenters. The lowest BCUT2D eigenvalue weighted by Crippen LogP contribution is -2.48. The van der Waals surface area contributed by atoms with Crippen LogP contribution in [0.3, 0.4) is 0 Å². The first-order chi connectivity index (χ1) is 10.2. The molecule has 1 atom stereocenters. The highest BCUT2D eigenvalue weighted by molar-refractivity contribution is 5.78. The van der Waals surface area contributed by atoms with Crippen LogP contribution in [0.5, 0.6) is 0 Å². The molecule has 0 bridgehead atoms. The summed E-state index contributed by atoms with van der Waals surface area (Å²) in [6.07, 6.45) is 5.28. The molecule has 1 aromatic heterocycles. The third-order valence-electron chi connectivity index (χ3n) is 4.66. The Hall–Kier alpha value is -1.49. The zero-order valence-corrected chi connectivity index (χ0v) is 12.5. The number of nitrogens with zero attached hydrogens (tertiary/aromatic N) is 1. The first kappa shape index (κ1) is 14.4. The monoisotopic (exact) mass is 285 g/mol. The normalized spacial score (nSPS) is 18.4. The van der Waals surface area contributed by atoms with Crippen molar-refractivity contribution in [3.8, 4) is 0 Å². The summed E-state index contributed by atoms with van der Waals surface area (Å²) in [5.74, 6) is 5.74. The van der Waals surface area contributed by atoms with Gasteiger partial charge >= 0.3 is 0 Å². The Labute approximate surface area is 125 Å². The number of nitrogens with one attached hydrogen (secondary N) is 1. The van der Waals surface area contributed by atoms with Crippen LogP contribution >= 0.6 is 0 Å². The van der Waals surface area contributed by atoms with E-state index in [4.69, 9.17) is 15.6 Å². The van der Waals surface area contributed by atoms with Gasteiger partial charge in [0.1, 0.15) is 0 Å². The summed E-state index contributed by atoms with van der Waals surface area (Å²) in [6, 6.07) is 12.6. The molecule has 0 spiro atoms. The second-order valence-electron chi connectivity index (χ2n) is 6.01. The number of hydrogen-bond acceptors (Lipinski definition) is 4. The molecule has 1 aliphatic carbocycles. The van der Waals surface area contributed by atoms with E-state index in [1.54, 1.807) is 7.11 Å². The minimum atomic E-state index is 0.0217. The molecule has 112 valence electrons. The summed E-state index contributed by atoms with van der Waals surface area (Å²) in [5, 5.41) is 1.17. The van der Waals surface area contributed by atoms with Gasteiger partial charge in [0.15, 0.2) is 0 Å². The highest BCUT2D eigenvalue weighted by Gasteiger charge is 2.38. The minimum absolute atomic E-state index is 0.0217. The van der Waals surface area contributed by atoms with Gasteiger partial charge < -0.3 is 4.74 Å². The SMILES string of the molecule is COC1(CC(Cc2ccc3ccccc3n2)NN)CCC1. The molecule has 4 nitrogen and oxygen atoms in total. The van der Waals surface area contributed by atoms with Gasteiger partial charge in [0.2, 0.25) is 0 Å². The predicted octanol–water partition coefficient (Wildman–Crippen LogP) is 2.57. The highest BCUT2D eigenvalue weighted by Crippen LogP contribution is 2.39. The van der Waals surface area contributed by atoms with E-state index in [2.05, 4.69) is 23.6 Å². The summed E-state index contributed by atoms with van der Waals surface area (Å²) < 4.78 is 5.70. The Balaban J connectivity index is 1.72. The van der Waals surface area contributed by atoms with Crippen LogP contribution in [0.15, 0.2) is 36.4 Å². The highest BCUT2D eigenvalue weighted by atomic mass is 16.5. The van der Waals surface area contributed by atoms with Gasteiger partial charge in [0.25, 0.3) is 0 Å². The quantitative estimate of drug-likeness (QED) is 0.632. The van der Waals surface area contributed by atoms with E-state index < -0.39 is 0 Å². The zero-order valence-electron chi connectivity index (χ0n) is 12.5. The van der Waals surface area contributed by atoms with Gasteiger partial charge in [0.05, 0.1) is 11.1 Å². The van der Waals surface area contributed by atoms with E-state index in [1.165, 1.54) is 11.8 Å². The maximum atomic E-state index is 5.74. The standard InChI is InChI=1S/C17H23N3O/c1-21-17(9-4-10-17)12-15(20-18)11-14-8-7-13-5-2-3-6-16(13)19-14/h2-3,5-8,15,20H,4,9-12,18H2,1H3. The van der Waals surface area contributed by atoms with Crippen molar-refractivity contribution in [1.82, 2.24) is 10.4 Å². The molecule has 0 amide bonds. The molecular formula is C17H23N3O. The number of para-hydroxylation sites is 1. The molecule has 2 aromatic rings. The molecule has 21 heavy (non-hydrogen) atoms. The van der Waals surface area contributed by atoms with Crippen LogP contribution in [0.25, 0.3) is 10.9 Å². The van der Waals surface area contributed by atoms with Crippen LogP contribution < -0.4 is 11.3 Å². The third-order valence-corrected chi connectivity index (χ3v) is 4.66. The van der Waals surface area contributed by atoms with E-state index >= 15 is 0 Å². The molecule has 1 fully saturated rings. The molecule has 1 saturated carbocycles. The predicted molar refractivity (Wildman–Crippen MR) is 84.8 cm³/mol. The van der Waals surface area contributed by atoms with E-state index in [-0.39, 0.29) is 11.6 Å². The molecule has 0 aliphatic heterocycles. The van der Waals surface area contributed by atoms with Crippen molar-refractivity contribution in [2.75, 3.05) is 7.11 Å². The number of nitrogens with two attached hydrogens (primary N) is 1. The molecule has 1 heterocycles. The molecule has 3 rings (SSSR count). The van der Waals surface area contributed by atoms with Crippen LogP contribution in [0.4, 0.5) is 0 Å². The van der Waals surface area contributed by atoms with Crippen LogP contribution in [0.1, 0.15) is 31.4 Å². The first-order valence-corrected chi connectivity index (χ1v) is 7.61. The van der Waals surface area contributed by atoms with Crippen LogP contribution in [0.2, 0.25) is 0 Å². The second-order valence-corrected chi connectivity index (χ2v) is 6.01. The van der Waals surface area contributed by atoms with Crippen molar-refractivity contribution in [2.24, 2.45) is 5.84 Å². The van der Waals surface area contributed by atoms with Gasteiger partial charge in [-0.05, 0) is 37.8 Å². The topological polar surface area (TPSA) is 60.2 Å². The number of ether oxygens (including phenoxy) is 1. The lowest BCUT2D eigenvalue weighted by Gasteiger charge is -2.42. The number of benzene rings is 1. The van der Waals surface area contributed by atoms with Crippen molar-refractivity contribution in [3.05, 3.63) is 42.1 Å². The number of hydrogen-bond donors (Lipinski definition) is 2. The minimum Gasteiger partial charge on any atom is -0.378 e. The van der Waals surface area contributed by atoms with Crippen molar-refractivity contribution >= 4 is 10.9 Å². The second kappa shape index (κ2) is 6.10. The fraction of sp³-hybridized carbons (Fsp3) is 0.471. The fourth-order valence-corrected chi connectivity index (χ4v) is 3.18. The van der Waals surface area contributed by atoms with E-state index in [0.29, 0.717) is 0 Å². The van der Waals surface area contributed by atoms with E-state index in [9.17, 15) is 0 Å². The molecule has 1 aliphatic rings. The number of fused-ring (bicyclic) bond motifs is 1. The van der Waals surface area contributed by atoms with Gasteiger partial charge in [-0.15, -0.1) is 0 Å². The summed E-state index contributed by atoms with van der Waals surface area (Å²) in [4.78, 5) is 4.73. The van der Waals surface area contributed by atoms with Gasteiger partial charge in [0, 0.05) is 30.7 Å². The summed E-state index contributed by atoms with van der Waals surface area (Å²) in [7, 11) is 1.81. The zero-order chi connectivity index (χ0) is 14.7. The Kier molecular flexibility index (Phi) is 4.19. The molecule has 1 aromatic carbocycles. The third kappa shape index (κ3) is 3.07. The molecule has 4 heteroatoms. The largest absolute Gasteiger partial charge is 0.378 e. The average Bonchev–Trinajstić information content (AvgIpc) is 2.49. The molecule has 0 saturated heterocycles. The lowest BCUT2D eigenvalue weighted by molar-refractivity contribution is -0.0834. The van der Waals surface area contributed by atoms with Gasteiger partial charge in [-0.25, -0.2) is 0 Å². The van der Waals surface area contributed by atoms with Crippen molar-refractivity contribution < 1.29 is 4.74 Å². The van der Waals surface area contributed by atoms with Gasteiger partial charge in [-0.3, -0.25) is 16.3 Å². The van der Waals surface area contributed by atoms with E-state index in [1.807, 2.05) is 18.2 Å². The lowest BCUT2D eigenvalue weighted by atomic mass is 9.75. The fourth-order valence-electron chi connectivity index (χ4n) is 3.18. The van der Waals surface area contributed by atoms with Gasteiger partial charge in [-0.1, -0.05) is 24.3 Å². The number of rotatable bonds is 6. The Bertz CT molecular complexity index is 604. The maximum Gasteiger partial charge on any atom is 0.0705 e. The molecule has 3 N–H and O–H groups in total. The number of methoxy groups -OCH3 is 1. The summed E-state index contributed by atoms with van der Waals surface area (Å²) >= 11 is 0. The Morgan fingerprint density at radius 1 is 1.29 bits per heavy atom. The number of aromatic nitrogens is 1. The average molecular weight is 285 g/mol. The smallest absolute Gasteiger partial charge is 0.0705 e. The Morgan fingerprint density at radius 2 is 2.10 bits per heavy atom. The summed E-state index contributed by atoms with van der Waals surface area (Å²) in [5.41, 5.74) is 5.07. The number of pyridine rings is 1. The molecular weight excluding hydrogens is 262 g/mol. The first-order valence-electron chi connectivity index (χ1n) is 7.61. The van der Waals surface area contributed by atoms with Crippen molar-refractivity contribution in [2.45, 2.75) is 43.7 Å².